The van der Waals surface area contributed by atoms with E-state index in [2.05, 4.69) is 10.6 Å². The maximum Gasteiger partial charge on any atom is 0.253 e. The highest BCUT2D eigenvalue weighted by molar-refractivity contribution is 5.98. The second-order valence-corrected chi connectivity index (χ2v) is 6.65. The van der Waals surface area contributed by atoms with E-state index in [0.717, 1.165) is 11.4 Å². The summed E-state index contributed by atoms with van der Waals surface area (Å²) in [6.07, 6.45) is 0.119. The molecule has 0 aliphatic heterocycles. The molecule has 0 atom stereocenters. The van der Waals surface area contributed by atoms with Crippen LogP contribution in [0.3, 0.4) is 0 Å². The molecule has 2 aromatic carbocycles. The Morgan fingerprint density at radius 2 is 1.68 bits per heavy atom. The Hall–Kier alpha value is -3.02. The van der Waals surface area contributed by atoms with Gasteiger partial charge in [-0.1, -0.05) is 6.07 Å². The molecule has 2 amide bonds. The number of ether oxygens (including phenoxy) is 1. The molecule has 0 fully saturated rings. The first-order chi connectivity index (χ1) is 13.4. The summed E-state index contributed by atoms with van der Waals surface area (Å²) in [5.74, 6) is 0.567. The standard InChI is InChI=1S/C22H29N3O3/c1-5-25(6-2)22(27)17-8-7-9-19(14-17)24-21(26)15-23-18-10-12-20(13-11-18)28-16(3)4/h7-14,16,23H,5-6,15H2,1-4H3,(H,24,26). The smallest absolute Gasteiger partial charge is 0.253 e. The van der Waals surface area contributed by atoms with Crippen LogP contribution >= 0.6 is 0 Å². The Bertz CT molecular complexity index is 784. The number of hydrogen-bond donors (Lipinski definition) is 2. The number of nitrogens with one attached hydrogen (secondary N) is 2. The van der Waals surface area contributed by atoms with E-state index in [4.69, 9.17) is 4.74 Å². The number of hydrogen-bond acceptors (Lipinski definition) is 4. The van der Waals surface area contributed by atoms with Crippen molar-refractivity contribution in [2.24, 2.45) is 0 Å². The molecular weight excluding hydrogens is 354 g/mol. The van der Waals surface area contributed by atoms with E-state index in [1.807, 2.05) is 52.0 Å². The summed E-state index contributed by atoms with van der Waals surface area (Å²) in [6.45, 7) is 9.26. The zero-order chi connectivity index (χ0) is 20.5. The highest BCUT2D eigenvalue weighted by atomic mass is 16.5. The lowest BCUT2D eigenvalue weighted by atomic mass is 10.1. The molecule has 0 unspecified atom stereocenters. The van der Waals surface area contributed by atoms with Crippen LogP contribution in [0.15, 0.2) is 48.5 Å². The van der Waals surface area contributed by atoms with Crippen LogP contribution in [-0.4, -0.2) is 42.5 Å². The van der Waals surface area contributed by atoms with Crippen molar-refractivity contribution in [2.75, 3.05) is 30.3 Å². The lowest BCUT2D eigenvalue weighted by Crippen LogP contribution is -2.30. The molecule has 0 aromatic heterocycles. The number of rotatable bonds is 9. The minimum Gasteiger partial charge on any atom is -0.491 e. The van der Waals surface area contributed by atoms with Crippen LogP contribution in [-0.2, 0) is 4.79 Å². The Morgan fingerprint density at radius 1 is 1.00 bits per heavy atom. The summed E-state index contributed by atoms with van der Waals surface area (Å²) in [5, 5.41) is 5.90. The van der Waals surface area contributed by atoms with E-state index >= 15 is 0 Å². The zero-order valence-corrected chi connectivity index (χ0v) is 17.0. The third-order valence-electron chi connectivity index (χ3n) is 4.12. The van der Waals surface area contributed by atoms with Crippen molar-refractivity contribution in [1.82, 2.24) is 4.90 Å². The van der Waals surface area contributed by atoms with Crippen molar-refractivity contribution in [3.05, 3.63) is 54.1 Å². The van der Waals surface area contributed by atoms with Gasteiger partial charge < -0.3 is 20.3 Å². The molecule has 0 aliphatic carbocycles. The molecule has 2 aromatic rings. The molecule has 0 heterocycles. The van der Waals surface area contributed by atoms with Gasteiger partial charge >= 0.3 is 0 Å². The van der Waals surface area contributed by atoms with Crippen LogP contribution < -0.4 is 15.4 Å². The third-order valence-corrected chi connectivity index (χ3v) is 4.12. The molecular formula is C22H29N3O3. The highest BCUT2D eigenvalue weighted by Gasteiger charge is 2.13. The number of nitrogens with zero attached hydrogens (tertiary/aromatic N) is 1. The number of carbonyl (C=O) groups excluding carboxylic acids is 2. The van der Waals surface area contributed by atoms with Crippen LogP contribution in [0.5, 0.6) is 5.75 Å². The summed E-state index contributed by atoms with van der Waals surface area (Å²) in [7, 11) is 0. The molecule has 150 valence electrons. The zero-order valence-electron chi connectivity index (χ0n) is 17.0. The maximum absolute atomic E-state index is 12.4. The Labute approximate surface area is 166 Å². The Kier molecular flexibility index (Phi) is 7.87. The Morgan fingerprint density at radius 3 is 2.29 bits per heavy atom. The molecule has 0 spiro atoms. The van der Waals surface area contributed by atoms with Crippen molar-refractivity contribution in [3.63, 3.8) is 0 Å². The van der Waals surface area contributed by atoms with Gasteiger partial charge in [-0.05, 0) is 70.2 Å². The van der Waals surface area contributed by atoms with Gasteiger partial charge in [0.1, 0.15) is 5.75 Å². The largest absolute Gasteiger partial charge is 0.491 e. The van der Waals surface area contributed by atoms with Crippen molar-refractivity contribution >= 4 is 23.2 Å². The summed E-state index contributed by atoms with van der Waals surface area (Å²) in [4.78, 5) is 26.4. The monoisotopic (exact) mass is 383 g/mol. The van der Waals surface area contributed by atoms with Gasteiger partial charge in [0.05, 0.1) is 12.6 Å². The van der Waals surface area contributed by atoms with Crippen LogP contribution in [0.2, 0.25) is 0 Å². The lowest BCUT2D eigenvalue weighted by molar-refractivity contribution is -0.114. The molecule has 2 rings (SSSR count). The fraction of sp³-hybridized carbons (Fsp3) is 0.364. The predicted octanol–water partition coefficient (Wildman–Crippen LogP) is 4.01. The normalized spacial score (nSPS) is 10.5. The number of benzene rings is 2. The van der Waals surface area contributed by atoms with Gasteiger partial charge in [-0.3, -0.25) is 9.59 Å². The third kappa shape index (κ3) is 6.30. The molecule has 28 heavy (non-hydrogen) atoms. The maximum atomic E-state index is 12.4. The van der Waals surface area contributed by atoms with Gasteiger partial charge in [0.2, 0.25) is 5.91 Å². The molecule has 6 heteroatoms. The quantitative estimate of drug-likeness (QED) is 0.686. The first-order valence-corrected chi connectivity index (χ1v) is 9.62. The first kappa shape index (κ1) is 21.3. The van der Waals surface area contributed by atoms with Gasteiger partial charge in [0.15, 0.2) is 0 Å². The predicted molar refractivity (Wildman–Crippen MR) is 113 cm³/mol. The molecule has 0 saturated heterocycles. The van der Waals surface area contributed by atoms with Gasteiger partial charge in [0, 0.05) is 30.0 Å². The average molecular weight is 383 g/mol. The highest BCUT2D eigenvalue weighted by Crippen LogP contribution is 2.17. The number of carbonyl (C=O) groups is 2. The van der Waals surface area contributed by atoms with Crippen molar-refractivity contribution < 1.29 is 14.3 Å². The van der Waals surface area contributed by atoms with E-state index in [9.17, 15) is 9.59 Å². The van der Waals surface area contributed by atoms with Crippen LogP contribution in [0.1, 0.15) is 38.1 Å². The van der Waals surface area contributed by atoms with Crippen molar-refractivity contribution in [1.29, 1.82) is 0 Å². The second kappa shape index (κ2) is 10.3. The summed E-state index contributed by atoms with van der Waals surface area (Å²) < 4.78 is 5.60. The van der Waals surface area contributed by atoms with E-state index in [1.54, 1.807) is 29.2 Å². The van der Waals surface area contributed by atoms with Crippen LogP contribution in [0, 0.1) is 0 Å². The molecule has 6 nitrogen and oxygen atoms in total. The van der Waals surface area contributed by atoms with Crippen LogP contribution in [0.25, 0.3) is 0 Å². The molecule has 2 N–H and O–H groups in total. The molecule has 0 bridgehead atoms. The molecule has 0 radical (unpaired) electrons. The van der Waals surface area contributed by atoms with Gasteiger partial charge in [-0.15, -0.1) is 0 Å². The van der Waals surface area contributed by atoms with Gasteiger partial charge in [0.25, 0.3) is 5.91 Å². The van der Waals surface area contributed by atoms with E-state index in [1.165, 1.54) is 0 Å². The minimum atomic E-state index is -0.185. The summed E-state index contributed by atoms with van der Waals surface area (Å²) >= 11 is 0. The van der Waals surface area contributed by atoms with Crippen molar-refractivity contribution in [3.8, 4) is 5.75 Å². The number of amides is 2. The SMILES string of the molecule is CCN(CC)C(=O)c1cccc(NC(=O)CNc2ccc(OC(C)C)cc2)c1. The second-order valence-electron chi connectivity index (χ2n) is 6.65. The number of anilines is 2. The fourth-order valence-electron chi connectivity index (χ4n) is 2.73. The van der Waals surface area contributed by atoms with Crippen molar-refractivity contribution in [2.45, 2.75) is 33.8 Å². The van der Waals surface area contributed by atoms with E-state index in [-0.39, 0.29) is 24.5 Å². The van der Waals surface area contributed by atoms with Gasteiger partial charge in [-0.2, -0.15) is 0 Å². The summed E-state index contributed by atoms with van der Waals surface area (Å²) in [5.41, 5.74) is 2.00. The van der Waals surface area contributed by atoms with Crippen LogP contribution in [0.4, 0.5) is 11.4 Å². The minimum absolute atomic E-state index is 0.0390. The fourth-order valence-corrected chi connectivity index (χ4v) is 2.73. The van der Waals surface area contributed by atoms with Gasteiger partial charge in [-0.25, -0.2) is 0 Å². The summed E-state index contributed by atoms with van der Waals surface area (Å²) in [6, 6.07) is 14.5. The molecule has 0 aliphatic rings. The molecule has 0 saturated carbocycles. The average Bonchev–Trinajstić information content (AvgIpc) is 2.68. The Balaban J connectivity index is 1.91. The first-order valence-electron chi connectivity index (χ1n) is 9.62. The topological polar surface area (TPSA) is 70.7 Å². The lowest BCUT2D eigenvalue weighted by Gasteiger charge is -2.19. The van der Waals surface area contributed by atoms with E-state index < -0.39 is 0 Å². The van der Waals surface area contributed by atoms with E-state index in [0.29, 0.717) is 24.3 Å².